The molecule has 0 heterocycles. The van der Waals surface area contributed by atoms with Crippen LogP contribution in [0.1, 0.15) is 45.4 Å². The molecule has 2 aliphatic rings. The number of nitrogens with one attached hydrogen (secondary N) is 1. The van der Waals surface area contributed by atoms with Crippen molar-refractivity contribution in [1.29, 1.82) is 0 Å². The highest BCUT2D eigenvalue weighted by molar-refractivity contribution is 4.93. The molecule has 2 heteroatoms. The van der Waals surface area contributed by atoms with Crippen LogP contribution >= 0.6 is 0 Å². The third-order valence-electron chi connectivity index (χ3n) is 3.59. The number of rotatable bonds is 3. The van der Waals surface area contributed by atoms with E-state index in [1.54, 1.807) is 0 Å². The van der Waals surface area contributed by atoms with Crippen molar-refractivity contribution in [2.75, 3.05) is 6.54 Å². The van der Waals surface area contributed by atoms with Crippen LogP contribution in [0.2, 0.25) is 0 Å². The molecule has 0 aromatic rings. The molecule has 76 valence electrons. The van der Waals surface area contributed by atoms with Gasteiger partial charge in [0.2, 0.25) is 0 Å². The van der Waals surface area contributed by atoms with Crippen LogP contribution < -0.4 is 5.32 Å². The first-order chi connectivity index (χ1) is 6.20. The van der Waals surface area contributed by atoms with Crippen molar-refractivity contribution in [3.8, 4) is 0 Å². The van der Waals surface area contributed by atoms with Crippen LogP contribution in [0.25, 0.3) is 0 Å². The molecule has 2 atom stereocenters. The summed E-state index contributed by atoms with van der Waals surface area (Å²) in [4.78, 5) is 0. The fourth-order valence-corrected chi connectivity index (χ4v) is 2.31. The van der Waals surface area contributed by atoms with E-state index in [0.29, 0.717) is 6.04 Å². The molecular formula is C11H21NO. The molecule has 0 aromatic carbocycles. The molecular weight excluding hydrogens is 162 g/mol. The van der Waals surface area contributed by atoms with Crippen molar-refractivity contribution in [1.82, 2.24) is 5.32 Å². The summed E-state index contributed by atoms with van der Waals surface area (Å²) in [5.74, 6) is 0.840. The van der Waals surface area contributed by atoms with Gasteiger partial charge < -0.3 is 10.4 Å². The zero-order valence-corrected chi connectivity index (χ0v) is 8.55. The highest BCUT2D eigenvalue weighted by atomic mass is 16.3. The number of hydrogen-bond acceptors (Lipinski definition) is 2. The Morgan fingerprint density at radius 1 is 1.31 bits per heavy atom. The van der Waals surface area contributed by atoms with E-state index in [4.69, 9.17) is 0 Å². The van der Waals surface area contributed by atoms with Crippen molar-refractivity contribution in [2.45, 2.75) is 57.1 Å². The van der Waals surface area contributed by atoms with Gasteiger partial charge in [0.05, 0.1) is 5.60 Å². The normalized spacial score (nSPS) is 37.4. The minimum Gasteiger partial charge on any atom is -0.389 e. The predicted octanol–water partition coefficient (Wildman–Crippen LogP) is 1.68. The summed E-state index contributed by atoms with van der Waals surface area (Å²) >= 11 is 0. The van der Waals surface area contributed by atoms with E-state index in [9.17, 15) is 5.11 Å². The molecule has 2 nitrogen and oxygen atoms in total. The Labute approximate surface area is 80.7 Å². The summed E-state index contributed by atoms with van der Waals surface area (Å²) in [5, 5.41) is 13.6. The minimum absolute atomic E-state index is 0.374. The van der Waals surface area contributed by atoms with E-state index in [1.807, 2.05) is 0 Å². The molecule has 2 fully saturated rings. The number of hydrogen-bond donors (Lipinski definition) is 2. The van der Waals surface area contributed by atoms with Crippen LogP contribution in [-0.2, 0) is 0 Å². The standard InChI is InChI=1S/C11H21NO/c1-9-7-10(9)12-8-11(13)5-3-2-4-6-11/h9-10,12-13H,2-8H2,1H3. The summed E-state index contributed by atoms with van der Waals surface area (Å²) in [6.45, 7) is 3.09. The lowest BCUT2D eigenvalue weighted by Crippen LogP contribution is -2.43. The van der Waals surface area contributed by atoms with Crippen LogP contribution in [0.15, 0.2) is 0 Å². The van der Waals surface area contributed by atoms with Crippen molar-refractivity contribution in [2.24, 2.45) is 5.92 Å². The van der Waals surface area contributed by atoms with E-state index in [0.717, 1.165) is 25.3 Å². The Bertz CT molecular complexity index is 175. The Hall–Kier alpha value is -0.0800. The SMILES string of the molecule is CC1CC1NCC1(O)CCCCC1. The summed E-state index contributed by atoms with van der Waals surface area (Å²) in [7, 11) is 0. The second-order valence-corrected chi connectivity index (χ2v) is 4.99. The molecule has 13 heavy (non-hydrogen) atoms. The van der Waals surface area contributed by atoms with Crippen LogP contribution in [0.3, 0.4) is 0 Å². The molecule has 0 spiro atoms. The van der Waals surface area contributed by atoms with Crippen LogP contribution in [-0.4, -0.2) is 23.3 Å². The third kappa shape index (κ3) is 2.44. The van der Waals surface area contributed by atoms with Crippen LogP contribution in [0.4, 0.5) is 0 Å². The van der Waals surface area contributed by atoms with E-state index in [2.05, 4.69) is 12.2 Å². The second-order valence-electron chi connectivity index (χ2n) is 4.99. The van der Waals surface area contributed by atoms with Gasteiger partial charge in [-0.1, -0.05) is 26.2 Å². The Balaban J connectivity index is 1.72. The van der Waals surface area contributed by atoms with Gasteiger partial charge in [0.1, 0.15) is 0 Å². The third-order valence-corrected chi connectivity index (χ3v) is 3.59. The molecule has 0 saturated heterocycles. The maximum Gasteiger partial charge on any atom is 0.0771 e. The molecule has 0 aromatic heterocycles. The maximum atomic E-state index is 10.2. The maximum absolute atomic E-state index is 10.2. The molecule has 2 N–H and O–H groups in total. The van der Waals surface area contributed by atoms with Gasteiger partial charge in [-0.05, 0) is 25.2 Å². The molecule has 2 saturated carbocycles. The zero-order valence-electron chi connectivity index (χ0n) is 8.55. The van der Waals surface area contributed by atoms with Crippen LogP contribution in [0, 0.1) is 5.92 Å². The van der Waals surface area contributed by atoms with Gasteiger partial charge in [-0.2, -0.15) is 0 Å². The van der Waals surface area contributed by atoms with E-state index in [1.165, 1.54) is 25.7 Å². The fourth-order valence-electron chi connectivity index (χ4n) is 2.31. The monoisotopic (exact) mass is 183 g/mol. The fraction of sp³-hybridized carbons (Fsp3) is 1.00. The Morgan fingerprint density at radius 2 is 1.92 bits per heavy atom. The summed E-state index contributed by atoms with van der Waals surface area (Å²) in [5.41, 5.74) is -0.374. The van der Waals surface area contributed by atoms with Gasteiger partial charge in [0.15, 0.2) is 0 Å². The first kappa shape index (κ1) is 9.47. The first-order valence-corrected chi connectivity index (χ1v) is 5.65. The first-order valence-electron chi connectivity index (χ1n) is 5.65. The van der Waals surface area contributed by atoms with Gasteiger partial charge in [-0.3, -0.25) is 0 Å². The Morgan fingerprint density at radius 3 is 2.46 bits per heavy atom. The second kappa shape index (κ2) is 3.58. The largest absolute Gasteiger partial charge is 0.389 e. The van der Waals surface area contributed by atoms with Gasteiger partial charge >= 0.3 is 0 Å². The zero-order chi connectivity index (χ0) is 9.31. The Kier molecular flexibility index (Phi) is 2.61. The topological polar surface area (TPSA) is 32.3 Å². The lowest BCUT2D eigenvalue weighted by molar-refractivity contribution is 0.00441. The molecule has 0 aliphatic heterocycles. The summed E-state index contributed by atoms with van der Waals surface area (Å²) in [6.07, 6.45) is 7.03. The lowest BCUT2D eigenvalue weighted by atomic mass is 9.85. The average Bonchev–Trinajstić information content (AvgIpc) is 2.80. The summed E-state index contributed by atoms with van der Waals surface area (Å²) < 4.78 is 0. The van der Waals surface area contributed by atoms with Gasteiger partial charge in [-0.15, -0.1) is 0 Å². The molecule has 0 bridgehead atoms. The van der Waals surface area contributed by atoms with Crippen LogP contribution in [0.5, 0.6) is 0 Å². The minimum atomic E-state index is -0.374. The van der Waals surface area contributed by atoms with E-state index >= 15 is 0 Å². The molecule has 0 radical (unpaired) electrons. The van der Waals surface area contributed by atoms with E-state index in [-0.39, 0.29) is 5.60 Å². The number of aliphatic hydroxyl groups is 1. The smallest absolute Gasteiger partial charge is 0.0771 e. The predicted molar refractivity (Wildman–Crippen MR) is 53.6 cm³/mol. The highest BCUT2D eigenvalue weighted by Crippen LogP contribution is 2.32. The van der Waals surface area contributed by atoms with Crippen molar-refractivity contribution in [3.63, 3.8) is 0 Å². The molecule has 2 rings (SSSR count). The average molecular weight is 183 g/mol. The molecule has 2 aliphatic carbocycles. The summed E-state index contributed by atoms with van der Waals surface area (Å²) in [6, 6.07) is 0.700. The molecule has 2 unspecified atom stereocenters. The lowest BCUT2D eigenvalue weighted by Gasteiger charge is -2.32. The van der Waals surface area contributed by atoms with Gasteiger partial charge in [0.25, 0.3) is 0 Å². The van der Waals surface area contributed by atoms with Gasteiger partial charge in [0, 0.05) is 12.6 Å². The van der Waals surface area contributed by atoms with Crippen molar-refractivity contribution in [3.05, 3.63) is 0 Å². The molecule has 0 amide bonds. The van der Waals surface area contributed by atoms with Gasteiger partial charge in [-0.25, -0.2) is 0 Å². The quantitative estimate of drug-likeness (QED) is 0.697. The van der Waals surface area contributed by atoms with E-state index < -0.39 is 0 Å². The van der Waals surface area contributed by atoms with Crippen molar-refractivity contribution >= 4 is 0 Å². The highest BCUT2D eigenvalue weighted by Gasteiger charge is 2.35. The van der Waals surface area contributed by atoms with Crippen molar-refractivity contribution < 1.29 is 5.11 Å².